The second-order valence-electron chi connectivity index (χ2n) is 5.97. The molecule has 2 aromatic carbocycles. The van der Waals surface area contributed by atoms with Crippen LogP contribution in [0.4, 0.5) is 0 Å². The van der Waals surface area contributed by atoms with Gasteiger partial charge in [-0.1, -0.05) is 35.9 Å². The van der Waals surface area contributed by atoms with Crippen molar-refractivity contribution >= 4 is 21.6 Å². The zero-order valence-corrected chi connectivity index (χ0v) is 14.7. The van der Waals surface area contributed by atoms with Gasteiger partial charge in [0.2, 0.25) is 10.0 Å². The molecule has 1 aliphatic carbocycles. The molecule has 2 N–H and O–H groups in total. The monoisotopic (exact) mass is 367 g/mol. The van der Waals surface area contributed by atoms with Gasteiger partial charge in [-0.3, -0.25) is 0 Å². The lowest BCUT2D eigenvalue weighted by molar-refractivity contribution is 0.0567. The normalized spacial score (nSPS) is 16.0. The molecule has 0 atom stereocenters. The highest BCUT2D eigenvalue weighted by atomic mass is 35.5. The lowest BCUT2D eigenvalue weighted by Crippen LogP contribution is -2.43. The predicted octanol–water partition coefficient (Wildman–Crippen LogP) is 2.16. The third-order valence-corrected chi connectivity index (χ3v) is 5.88. The average molecular weight is 368 g/mol. The van der Waals surface area contributed by atoms with E-state index in [1.807, 2.05) is 24.3 Å². The van der Waals surface area contributed by atoms with Gasteiger partial charge in [0.15, 0.2) is 0 Å². The summed E-state index contributed by atoms with van der Waals surface area (Å²) in [4.78, 5) is 0.0346. The van der Waals surface area contributed by atoms with Crippen molar-refractivity contribution in [3.8, 4) is 5.75 Å². The number of hydrogen-bond donors (Lipinski definition) is 2. The van der Waals surface area contributed by atoms with Crippen LogP contribution < -0.4 is 9.46 Å². The van der Waals surface area contributed by atoms with E-state index in [0.29, 0.717) is 18.6 Å². The topological polar surface area (TPSA) is 75.6 Å². The first kappa shape index (κ1) is 17.2. The van der Waals surface area contributed by atoms with Gasteiger partial charge in [-0.05, 0) is 29.3 Å². The van der Waals surface area contributed by atoms with Gasteiger partial charge < -0.3 is 9.84 Å². The summed E-state index contributed by atoms with van der Waals surface area (Å²) in [5.74, 6) is 0.403. The maximum Gasteiger partial charge on any atom is 0.240 e. The van der Waals surface area contributed by atoms with Crippen LogP contribution in [-0.4, -0.2) is 32.8 Å². The molecule has 3 rings (SSSR count). The van der Waals surface area contributed by atoms with Gasteiger partial charge in [0.05, 0.1) is 22.6 Å². The van der Waals surface area contributed by atoms with Crippen LogP contribution in [0.3, 0.4) is 0 Å². The summed E-state index contributed by atoms with van der Waals surface area (Å²) in [6, 6.07) is 12.0. The van der Waals surface area contributed by atoms with Gasteiger partial charge in [0, 0.05) is 19.4 Å². The van der Waals surface area contributed by atoms with Crippen LogP contribution >= 0.6 is 11.6 Å². The minimum absolute atomic E-state index is 0.0346. The molecule has 0 unspecified atom stereocenters. The zero-order chi connectivity index (χ0) is 17.4. The molecule has 0 fully saturated rings. The Labute approximate surface area is 146 Å². The van der Waals surface area contributed by atoms with E-state index in [-0.39, 0.29) is 16.5 Å². The van der Waals surface area contributed by atoms with E-state index in [9.17, 15) is 13.5 Å². The van der Waals surface area contributed by atoms with Crippen LogP contribution in [0.25, 0.3) is 0 Å². The van der Waals surface area contributed by atoms with Crippen molar-refractivity contribution in [1.82, 2.24) is 4.72 Å². The number of methoxy groups -OCH3 is 1. The number of hydrogen-bond acceptors (Lipinski definition) is 4. The highest BCUT2D eigenvalue weighted by molar-refractivity contribution is 7.89. The van der Waals surface area contributed by atoms with E-state index in [1.165, 1.54) is 25.3 Å². The average Bonchev–Trinajstić information content (AvgIpc) is 2.90. The Morgan fingerprint density at radius 3 is 2.38 bits per heavy atom. The summed E-state index contributed by atoms with van der Waals surface area (Å²) < 4.78 is 32.4. The zero-order valence-electron chi connectivity index (χ0n) is 13.1. The van der Waals surface area contributed by atoms with Crippen molar-refractivity contribution in [2.75, 3.05) is 13.7 Å². The first-order valence-electron chi connectivity index (χ1n) is 7.45. The van der Waals surface area contributed by atoms with Gasteiger partial charge >= 0.3 is 0 Å². The second-order valence-corrected chi connectivity index (χ2v) is 8.14. The van der Waals surface area contributed by atoms with Crippen LogP contribution in [0.15, 0.2) is 47.4 Å². The van der Waals surface area contributed by atoms with E-state index >= 15 is 0 Å². The Kier molecular flexibility index (Phi) is 4.57. The minimum atomic E-state index is -3.77. The van der Waals surface area contributed by atoms with Crippen molar-refractivity contribution in [2.24, 2.45) is 0 Å². The molecule has 24 heavy (non-hydrogen) atoms. The molecule has 5 nitrogen and oxygen atoms in total. The van der Waals surface area contributed by atoms with Gasteiger partial charge in [-0.15, -0.1) is 0 Å². The van der Waals surface area contributed by atoms with Gasteiger partial charge in [-0.2, -0.15) is 0 Å². The Morgan fingerprint density at radius 2 is 1.83 bits per heavy atom. The van der Waals surface area contributed by atoms with Crippen molar-refractivity contribution in [2.45, 2.75) is 23.3 Å². The molecule has 128 valence electrons. The van der Waals surface area contributed by atoms with Crippen LogP contribution in [0.5, 0.6) is 5.75 Å². The summed E-state index contributed by atoms with van der Waals surface area (Å²) in [5.41, 5.74) is 0.978. The second kappa shape index (κ2) is 6.37. The fraction of sp³-hybridized carbons (Fsp3) is 0.294. The number of aliphatic hydroxyl groups is 1. The van der Waals surface area contributed by atoms with E-state index < -0.39 is 15.6 Å². The third kappa shape index (κ3) is 3.42. The Bertz CT molecular complexity index is 842. The minimum Gasteiger partial charge on any atom is -0.495 e. The highest BCUT2D eigenvalue weighted by Crippen LogP contribution is 2.30. The van der Waals surface area contributed by atoms with E-state index in [0.717, 1.165) is 11.1 Å². The fourth-order valence-corrected chi connectivity index (χ4v) is 4.39. The van der Waals surface area contributed by atoms with E-state index in [4.69, 9.17) is 16.3 Å². The molecular formula is C17H18ClNO4S. The first-order valence-corrected chi connectivity index (χ1v) is 9.31. The molecule has 0 heterocycles. The molecule has 0 spiro atoms. The molecule has 0 bridgehead atoms. The summed E-state index contributed by atoms with van der Waals surface area (Å²) in [6.45, 7) is -0.0618. The van der Waals surface area contributed by atoms with Gasteiger partial charge in [0.25, 0.3) is 0 Å². The number of ether oxygens (including phenoxy) is 1. The number of nitrogens with one attached hydrogen (secondary N) is 1. The number of halogens is 1. The molecule has 0 aliphatic heterocycles. The lowest BCUT2D eigenvalue weighted by atomic mass is 10.0. The van der Waals surface area contributed by atoms with Crippen LogP contribution in [0, 0.1) is 0 Å². The van der Waals surface area contributed by atoms with Crippen molar-refractivity contribution < 1.29 is 18.3 Å². The summed E-state index contributed by atoms with van der Waals surface area (Å²) >= 11 is 5.98. The predicted molar refractivity (Wildman–Crippen MR) is 92.0 cm³/mol. The summed E-state index contributed by atoms with van der Waals surface area (Å²) in [6.07, 6.45) is 0.851. The van der Waals surface area contributed by atoms with Gasteiger partial charge in [0.1, 0.15) is 5.75 Å². The summed E-state index contributed by atoms with van der Waals surface area (Å²) in [7, 11) is -2.31. The van der Waals surface area contributed by atoms with Gasteiger partial charge in [-0.25, -0.2) is 13.1 Å². The first-order chi connectivity index (χ1) is 11.3. The molecule has 0 radical (unpaired) electrons. The number of rotatable bonds is 5. The number of benzene rings is 2. The Balaban J connectivity index is 1.73. The van der Waals surface area contributed by atoms with Crippen LogP contribution in [0.1, 0.15) is 11.1 Å². The molecule has 1 aliphatic rings. The molecule has 0 aromatic heterocycles. The summed E-state index contributed by atoms with van der Waals surface area (Å²) in [5, 5.41) is 10.9. The standard InChI is InChI=1S/C17H18ClNO4S/c1-23-16-7-6-14(8-15(16)18)24(21,22)19-11-17(20)9-12-4-2-3-5-13(12)10-17/h2-8,19-20H,9-11H2,1H3. The Morgan fingerprint density at radius 1 is 1.21 bits per heavy atom. The number of sulfonamides is 1. The highest BCUT2D eigenvalue weighted by Gasteiger charge is 2.36. The van der Waals surface area contributed by atoms with E-state index in [2.05, 4.69) is 4.72 Å². The van der Waals surface area contributed by atoms with Crippen molar-refractivity contribution in [1.29, 1.82) is 0 Å². The maximum atomic E-state index is 12.4. The molecular weight excluding hydrogens is 350 g/mol. The molecule has 0 amide bonds. The van der Waals surface area contributed by atoms with Crippen molar-refractivity contribution in [3.63, 3.8) is 0 Å². The van der Waals surface area contributed by atoms with Crippen molar-refractivity contribution in [3.05, 3.63) is 58.6 Å². The quantitative estimate of drug-likeness (QED) is 0.849. The SMILES string of the molecule is COc1ccc(S(=O)(=O)NCC2(O)Cc3ccccc3C2)cc1Cl. The lowest BCUT2D eigenvalue weighted by Gasteiger charge is -2.22. The maximum absolute atomic E-state index is 12.4. The molecule has 2 aromatic rings. The van der Waals surface area contributed by atoms with Crippen LogP contribution in [0.2, 0.25) is 5.02 Å². The molecule has 0 saturated carbocycles. The van der Waals surface area contributed by atoms with Crippen LogP contribution in [-0.2, 0) is 22.9 Å². The Hall–Kier alpha value is -1.60. The largest absolute Gasteiger partial charge is 0.495 e. The smallest absolute Gasteiger partial charge is 0.240 e. The number of fused-ring (bicyclic) bond motifs is 1. The fourth-order valence-electron chi connectivity index (χ4n) is 2.93. The van der Waals surface area contributed by atoms with E-state index in [1.54, 1.807) is 0 Å². The third-order valence-electron chi connectivity index (χ3n) is 4.18. The molecule has 0 saturated heterocycles. The molecule has 7 heteroatoms.